The van der Waals surface area contributed by atoms with Gasteiger partial charge in [-0.15, -0.1) is 11.3 Å². The minimum absolute atomic E-state index is 0.239. The van der Waals surface area contributed by atoms with Crippen LogP contribution in [0.1, 0.15) is 22.4 Å². The fraction of sp³-hybridized carbons (Fsp3) is 0.105. The molecule has 0 radical (unpaired) electrons. The molecule has 1 nitrogen and oxygen atoms in total. The van der Waals surface area contributed by atoms with Crippen molar-refractivity contribution in [2.75, 3.05) is 0 Å². The summed E-state index contributed by atoms with van der Waals surface area (Å²) in [5.74, 6) is 0. The van der Waals surface area contributed by atoms with Gasteiger partial charge >= 0.3 is 0 Å². The van der Waals surface area contributed by atoms with Crippen molar-refractivity contribution < 1.29 is 4.79 Å². The fourth-order valence-electron chi connectivity index (χ4n) is 2.92. The molecule has 3 heteroatoms. The molecule has 3 aromatic rings. The summed E-state index contributed by atoms with van der Waals surface area (Å²) in [6.45, 7) is 0. The zero-order valence-corrected chi connectivity index (χ0v) is 13.5. The normalized spacial score (nSPS) is 11.3. The maximum atomic E-state index is 11.9. The first kappa shape index (κ1) is 15.0. The van der Waals surface area contributed by atoms with Gasteiger partial charge in [-0.3, -0.25) is 4.79 Å². The fourth-order valence-corrected chi connectivity index (χ4v) is 4.09. The molecule has 22 heavy (non-hydrogen) atoms. The van der Waals surface area contributed by atoms with E-state index in [1.807, 2.05) is 47.8 Å². The lowest BCUT2D eigenvalue weighted by atomic mass is 9.71. The predicted octanol–water partition coefficient (Wildman–Crippen LogP) is 5.24. The van der Waals surface area contributed by atoms with Gasteiger partial charge in [0.1, 0.15) is 0 Å². The third-order valence-electron chi connectivity index (χ3n) is 3.88. The predicted molar refractivity (Wildman–Crippen MR) is 92.6 cm³/mol. The Balaban J connectivity index is 2.30. The van der Waals surface area contributed by atoms with Crippen LogP contribution in [0.5, 0.6) is 0 Å². The van der Waals surface area contributed by atoms with E-state index in [1.165, 1.54) is 0 Å². The third kappa shape index (κ3) is 2.72. The van der Waals surface area contributed by atoms with Crippen molar-refractivity contribution >= 4 is 28.2 Å². The van der Waals surface area contributed by atoms with Crippen molar-refractivity contribution in [3.8, 4) is 0 Å². The highest BCUT2D eigenvalue weighted by Gasteiger charge is 2.38. The van der Waals surface area contributed by atoms with E-state index >= 15 is 0 Å². The minimum atomic E-state index is -0.532. The van der Waals surface area contributed by atoms with E-state index in [2.05, 4.69) is 30.3 Å². The van der Waals surface area contributed by atoms with Gasteiger partial charge in [0.2, 0.25) is 5.24 Å². The Morgan fingerprint density at radius 2 is 1.41 bits per heavy atom. The smallest absolute Gasteiger partial charge is 0.223 e. The molecule has 3 rings (SSSR count). The molecule has 0 aliphatic rings. The van der Waals surface area contributed by atoms with E-state index in [0.29, 0.717) is 0 Å². The van der Waals surface area contributed by atoms with Crippen LogP contribution < -0.4 is 0 Å². The second-order valence-electron chi connectivity index (χ2n) is 5.15. The quantitative estimate of drug-likeness (QED) is 0.586. The Bertz CT molecular complexity index is 696. The highest BCUT2D eigenvalue weighted by molar-refractivity contribution is 7.10. The van der Waals surface area contributed by atoms with Gasteiger partial charge in [-0.1, -0.05) is 66.7 Å². The van der Waals surface area contributed by atoms with Gasteiger partial charge in [-0.05, 0) is 34.2 Å². The van der Waals surface area contributed by atoms with Crippen molar-refractivity contribution in [1.29, 1.82) is 0 Å². The summed E-state index contributed by atoms with van der Waals surface area (Å²) >= 11 is 7.50. The SMILES string of the molecule is O=C(Cl)CC(c1ccccc1)(c1ccccc1)c1cccs1. The number of halogens is 1. The molecule has 1 aromatic heterocycles. The highest BCUT2D eigenvalue weighted by Crippen LogP contribution is 2.44. The Hall–Kier alpha value is -1.90. The van der Waals surface area contributed by atoms with Crippen LogP contribution in [0.15, 0.2) is 78.2 Å². The Morgan fingerprint density at radius 3 is 1.82 bits per heavy atom. The molecule has 0 aliphatic heterocycles. The van der Waals surface area contributed by atoms with E-state index in [1.54, 1.807) is 11.3 Å². The molecule has 110 valence electrons. The standard InChI is InChI=1S/C19H15ClOS/c20-18(21)14-19(17-12-7-13-22-17,15-8-3-1-4-9-15)16-10-5-2-6-11-16/h1-13H,14H2. The van der Waals surface area contributed by atoms with Crippen LogP contribution in [-0.4, -0.2) is 5.24 Å². The van der Waals surface area contributed by atoms with Gasteiger partial charge in [-0.2, -0.15) is 0 Å². The van der Waals surface area contributed by atoms with Crippen molar-refractivity contribution in [2.45, 2.75) is 11.8 Å². The number of carbonyl (C=O) groups excluding carboxylic acids is 1. The molecule has 0 N–H and O–H groups in total. The summed E-state index contributed by atoms with van der Waals surface area (Å²) in [5.41, 5.74) is 1.63. The van der Waals surface area contributed by atoms with E-state index in [4.69, 9.17) is 11.6 Å². The summed E-state index contributed by atoms with van der Waals surface area (Å²) < 4.78 is 0. The van der Waals surface area contributed by atoms with Gasteiger partial charge in [0.15, 0.2) is 0 Å². The molecular formula is C19H15ClOS. The molecule has 2 aromatic carbocycles. The summed E-state index contributed by atoms with van der Waals surface area (Å²) in [6, 6.07) is 24.3. The second kappa shape index (κ2) is 6.47. The first-order valence-corrected chi connectivity index (χ1v) is 8.32. The maximum absolute atomic E-state index is 11.9. The number of hydrogen-bond acceptors (Lipinski definition) is 2. The van der Waals surface area contributed by atoms with Crippen molar-refractivity contribution in [3.63, 3.8) is 0 Å². The van der Waals surface area contributed by atoms with Crippen LogP contribution in [0.2, 0.25) is 0 Å². The number of rotatable bonds is 5. The summed E-state index contributed by atoms with van der Waals surface area (Å²) in [6.07, 6.45) is 0.239. The lowest BCUT2D eigenvalue weighted by Crippen LogP contribution is -2.30. The van der Waals surface area contributed by atoms with Crippen LogP contribution in [-0.2, 0) is 10.2 Å². The molecule has 0 spiro atoms. The summed E-state index contributed by atoms with van der Waals surface area (Å²) in [4.78, 5) is 13.0. The van der Waals surface area contributed by atoms with Crippen LogP contribution in [0.3, 0.4) is 0 Å². The molecule has 0 amide bonds. The van der Waals surface area contributed by atoms with Crippen LogP contribution >= 0.6 is 22.9 Å². The van der Waals surface area contributed by atoms with Crippen molar-refractivity contribution in [2.24, 2.45) is 0 Å². The van der Waals surface area contributed by atoms with Crippen molar-refractivity contribution in [3.05, 3.63) is 94.2 Å². The monoisotopic (exact) mass is 326 g/mol. The Labute approximate surface area is 139 Å². The number of benzene rings is 2. The highest BCUT2D eigenvalue weighted by atomic mass is 35.5. The molecular weight excluding hydrogens is 312 g/mol. The molecule has 1 heterocycles. The van der Waals surface area contributed by atoms with Crippen molar-refractivity contribution in [1.82, 2.24) is 0 Å². The maximum Gasteiger partial charge on any atom is 0.223 e. The van der Waals surface area contributed by atoms with E-state index in [0.717, 1.165) is 16.0 Å². The lowest BCUT2D eigenvalue weighted by molar-refractivity contribution is -0.112. The minimum Gasteiger partial charge on any atom is -0.281 e. The largest absolute Gasteiger partial charge is 0.281 e. The third-order valence-corrected chi connectivity index (χ3v) is 5.04. The molecule has 0 atom stereocenters. The first-order valence-electron chi connectivity index (χ1n) is 7.07. The van der Waals surface area contributed by atoms with Gasteiger partial charge in [0.25, 0.3) is 0 Å². The van der Waals surface area contributed by atoms with Crippen LogP contribution in [0.4, 0.5) is 0 Å². The summed E-state index contributed by atoms with van der Waals surface area (Å²) in [5, 5.41) is 1.70. The lowest BCUT2D eigenvalue weighted by Gasteiger charge is -2.33. The van der Waals surface area contributed by atoms with Gasteiger partial charge < -0.3 is 0 Å². The molecule has 0 saturated carbocycles. The zero-order chi connectivity index (χ0) is 15.4. The average molecular weight is 327 g/mol. The molecule has 0 unspecified atom stereocenters. The molecule has 0 aliphatic carbocycles. The van der Waals surface area contributed by atoms with E-state index < -0.39 is 5.41 Å². The van der Waals surface area contributed by atoms with Gasteiger partial charge in [0.05, 0.1) is 5.41 Å². The van der Waals surface area contributed by atoms with Crippen LogP contribution in [0.25, 0.3) is 0 Å². The van der Waals surface area contributed by atoms with Crippen LogP contribution in [0, 0.1) is 0 Å². The molecule has 0 saturated heterocycles. The second-order valence-corrected chi connectivity index (χ2v) is 6.52. The summed E-state index contributed by atoms with van der Waals surface area (Å²) in [7, 11) is 0. The number of carbonyl (C=O) groups is 1. The zero-order valence-electron chi connectivity index (χ0n) is 11.9. The molecule has 0 fully saturated rings. The topological polar surface area (TPSA) is 17.1 Å². The average Bonchev–Trinajstić information content (AvgIpc) is 3.09. The Morgan fingerprint density at radius 1 is 0.864 bits per heavy atom. The number of hydrogen-bond donors (Lipinski definition) is 0. The van der Waals surface area contributed by atoms with E-state index in [9.17, 15) is 4.79 Å². The van der Waals surface area contributed by atoms with Gasteiger partial charge in [-0.25, -0.2) is 0 Å². The first-order chi connectivity index (χ1) is 10.7. The van der Waals surface area contributed by atoms with E-state index in [-0.39, 0.29) is 11.7 Å². The molecule has 0 bridgehead atoms. The Kier molecular flexibility index (Phi) is 4.41. The number of thiophene rings is 1. The van der Waals surface area contributed by atoms with Gasteiger partial charge in [0, 0.05) is 11.3 Å².